The van der Waals surface area contributed by atoms with Gasteiger partial charge in [0.1, 0.15) is 10.9 Å². The minimum atomic E-state index is -0.459. The summed E-state index contributed by atoms with van der Waals surface area (Å²) in [4.78, 5) is 55.4. The second-order valence-corrected chi connectivity index (χ2v) is 11.4. The van der Waals surface area contributed by atoms with Crippen LogP contribution in [0.15, 0.2) is 71.6 Å². The largest absolute Gasteiger partial charge is 0.493 e. The number of methoxy groups -OCH3 is 2. The Kier molecular flexibility index (Phi) is 9.31. The van der Waals surface area contributed by atoms with Gasteiger partial charge in [-0.25, -0.2) is 4.79 Å². The summed E-state index contributed by atoms with van der Waals surface area (Å²) in [5.41, 5.74) is 3.05. The third kappa shape index (κ3) is 6.17. The van der Waals surface area contributed by atoms with Crippen LogP contribution < -0.4 is 19.7 Å². The number of hydrogen-bond acceptors (Lipinski definition) is 9. The number of carbonyl (C=O) groups excluding carboxylic acids is 4. The molecule has 3 aromatic rings. The van der Waals surface area contributed by atoms with E-state index >= 15 is 0 Å². The van der Waals surface area contributed by atoms with E-state index in [1.165, 1.54) is 9.80 Å². The van der Waals surface area contributed by atoms with Crippen molar-refractivity contribution in [3.05, 3.63) is 88.3 Å². The summed E-state index contributed by atoms with van der Waals surface area (Å²) >= 11 is 6.64. The third-order valence-electron chi connectivity index (χ3n) is 7.05. The van der Waals surface area contributed by atoms with Gasteiger partial charge in [-0.3, -0.25) is 24.2 Å². The summed E-state index contributed by atoms with van der Waals surface area (Å²) in [7, 11) is 3.12. The fourth-order valence-corrected chi connectivity index (χ4v) is 6.30. The molecule has 1 saturated heterocycles. The zero-order valence-corrected chi connectivity index (χ0v) is 25.9. The molecule has 0 atom stereocenters. The first kappa shape index (κ1) is 30.8. The topological polar surface area (TPSA) is 114 Å². The highest BCUT2D eigenvalue weighted by molar-refractivity contribution is 8.26. The molecule has 2 aliphatic heterocycles. The summed E-state index contributed by atoms with van der Waals surface area (Å²) < 4.78 is 16.0. The average Bonchev–Trinajstić information content (AvgIpc) is 3.46. The van der Waals surface area contributed by atoms with Crippen LogP contribution in [0.5, 0.6) is 11.5 Å². The molecule has 2 heterocycles. The molecule has 2 aliphatic rings. The van der Waals surface area contributed by atoms with Crippen molar-refractivity contribution in [2.75, 3.05) is 44.1 Å². The van der Waals surface area contributed by atoms with Crippen LogP contribution in [0.3, 0.4) is 0 Å². The van der Waals surface area contributed by atoms with Crippen molar-refractivity contribution < 1.29 is 33.4 Å². The second-order valence-electron chi connectivity index (χ2n) is 9.72. The molecule has 226 valence electrons. The molecular formula is C32H29N3O7S2. The van der Waals surface area contributed by atoms with Crippen LogP contribution in [0.2, 0.25) is 0 Å². The van der Waals surface area contributed by atoms with Crippen LogP contribution in [0.1, 0.15) is 28.4 Å². The molecule has 0 spiro atoms. The number of anilines is 2. The lowest BCUT2D eigenvalue weighted by Crippen LogP contribution is -2.35. The molecule has 0 aromatic heterocycles. The van der Waals surface area contributed by atoms with E-state index in [1.807, 2.05) is 12.1 Å². The summed E-state index contributed by atoms with van der Waals surface area (Å²) in [5.74, 6) is -0.519. The number of nitrogens with zero attached hydrogens (tertiary/aromatic N) is 2. The van der Waals surface area contributed by atoms with E-state index in [0.29, 0.717) is 51.3 Å². The van der Waals surface area contributed by atoms with E-state index in [2.05, 4.69) is 5.32 Å². The number of thioether (sulfide) groups is 1. The minimum absolute atomic E-state index is 0.221. The molecule has 0 bridgehead atoms. The fraction of sp³-hybridized carbons (Fsp3) is 0.219. The Hall–Kier alpha value is -4.68. The number of fused-ring (bicyclic) bond motifs is 1. The van der Waals surface area contributed by atoms with Gasteiger partial charge < -0.3 is 19.5 Å². The molecule has 0 saturated carbocycles. The van der Waals surface area contributed by atoms with Crippen molar-refractivity contribution in [1.29, 1.82) is 0 Å². The number of ether oxygens (including phenoxy) is 3. The lowest BCUT2D eigenvalue weighted by atomic mass is 10.1. The Bertz CT molecular complexity index is 1690. The number of thiocarbonyl (C=S) groups is 1. The fourth-order valence-electron chi connectivity index (χ4n) is 4.92. The van der Waals surface area contributed by atoms with Gasteiger partial charge in [0.05, 0.1) is 42.6 Å². The number of hydrogen-bond donors (Lipinski definition) is 1. The van der Waals surface area contributed by atoms with E-state index in [-0.39, 0.29) is 29.5 Å². The summed E-state index contributed by atoms with van der Waals surface area (Å²) in [6.07, 6.45) is 0.507. The van der Waals surface area contributed by atoms with Crippen LogP contribution in [0, 0.1) is 0 Å². The van der Waals surface area contributed by atoms with Crippen LogP contribution in [0.4, 0.5) is 11.4 Å². The second kappa shape index (κ2) is 13.3. The number of para-hydroxylation sites is 1. The molecule has 44 heavy (non-hydrogen) atoms. The number of amides is 3. The molecule has 0 aliphatic carbocycles. The van der Waals surface area contributed by atoms with E-state index in [4.69, 9.17) is 26.4 Å². The third-order valence-corrected chi connectivity index (χ3v) is 8.50. The zero-order valence-electron chi connectivity index (χ0n) is 24.2. The highest BCUT2D eigenvalue weighted by Crippen LogP contribution is 2.44. The van der Waals surface area contributed by atoms with Crippen molar-refractivity contribution >= 4 is 68.9 Å². The predicted molar refractivity (Wildman–Crippen MR) is 172 cm³/mol. The lowest BCUT2D eigenvalue weighted by Gasteiger charge is -2.17. The normalized spacial score (nSPS) is 15.8. The first-order valence-electron chi connectivity index (χ1n) is 13.7. The molecule has 12 heteroatoms. The van der Waals surface area contributed by atoms with Gasteiger partial charge in [-0.05, 0) is 61.4 Å². The monoisotopic (exact) mass is 631 g/mol. The maximum absolute atomic E-state index is 13.8. The summed E-state index contributed by atoms with van der Waals surface area (Å²) in [6.45, 7) is 2.01. The molecule has 3 amide bonds. The number of nitrogens with one attached hydrogen (secondary N) is 1. The van der Waals surface area contributed by atoms with Gasteiger partial charge in [-0.2, -0.15) is 0 Å². The van der Waals surface area contributed by atoms with Gasteiger partial charge in [-0.1, -0.05) is 48.2 Å². The number of benzene rings is 3. The van der Waals surface area contributed by atoms with Crippen molar-refractivity contribution in [2.45, 2.75) is 13.3 Å². The van der Waals surface area contributed by atoms with Crippen LogP contribution >= 0.6 is 24.0 Å². The smallest absolute Gasteiger partial charge is 0.338 e. The number of esters is 1. The van der Waals surface area contributed by atoms with Crippen molar-refractivity contribution in [3.8, 4) is 11.5 Å². The Morgan fingerprint density at radius 1 is 0.909 bits per heavy atom. The summed E-state index contributed by atoms with van der Waals surface area (Å²) in [6, 6.07) is 18.9. The van der Waals surface area contributed by atoms with Gasteiger partial charge >= 0.3 is 5.97 Å². The van der Waals surface area contributed by atoms with Crippen LogP contribution in [0.25, 0.3) is 5.57 Å². The maximum Gasteiger partial charge on any atom is 0.338 e. The minimum Gasteiger partial charge on any atom is -0.493 e. The lowest BCUT2D eigenvalue weighted by molar-refractivity contribution is -0.122. The molecule has 5 rings (SSSR count). The van der Waals surface area contributed by atoms with Gasteiger partial charge in [0.2, 0.25) is 5.91 Å². The quantitative estimate of drug-likeness (QED) is 0.194. The SMILES string of the molecule is CCOC(=O)c1ccc(NC(=O)CN2C(=O)C(=C3SC(=S)N(CCc4ccc(OC)c(OC)c4)C3=O)c3ccccc32)cc1. The first-order chi connectivity index (χ1) is 21.2. The average molecular weight is 632 g/mol. The van der Waals surface area contributed by atoms with Crippen LogP contribution in [-0.2, 0) is 25.5 Å². The molecule has 0 unspecified atom stereocenters. The molecule has 1 N–H and O–H groups in total. The zero-order chi connectivity index (χ0) is 31.4. The number of rotatable bonds is 10. The van der Waals surface area contributed by atoms with Gasteiger partial charge in [0.15, 0.2) is 11.5 Å². The van der Waals surface area contributed by atoms with E-state index < -0.39 is 17.8 Å². The van der Waals surface area contributed by atoms with Crippen molar-refractivity contribution in [3.63, 3.8) is 0 Å². The van der Waals surface area contributed by atoms with E-state index in [9.17, 15) is 19.2 Å². The van der Waals surface area contributed by atoms with Crippen LogP contribution in [-0.4, -0.2) is 66.8 Å². The Labute approximate surface area is 263 Å². The highest BCUT2D eigenvalue weighted by Gasteiger charge is 2.42. The van der Waals surface area contributed by atoms with E-state index in [0.717, 1.165) is 17.3 Å². The molecule has 1 fully saturated rings. The van der Waals surface area contributed by atoms with Gasteiger partial charge in [-0.15, -0.1) is 0 Å². The first-order valence-corrected chi connectivity index (χ1v) is 14.9. The molecule has 10 nitrogen and oxygen atoms in total. The summed E-state index contributed by atoms with van der Waals surface area (Å²) in [5, 5.41) is 2.75. The van der Waals surface area contributed by atoms with Gasteiger partial charge in [0, 0.05) is 17.8 Å². The van der Waals surface area contributed by atoms with Crippen molar-refractivity contribution in [1.82, 2.24) is 4.90 Å². The highest BCUT2D eigenvalue weighted by atomic mass is 32.2. The molecule has 3 aromatic carbocycles. The molecule has 0 radical (unpaired) electrons. The predicted octanol–water partition coefficient (Wildman–Crippen LogP) is 4.68. The van der Waals surface area contributed by atoms with Gasteiger partial charge in [0.25, 0.3) is 11.8 Å². The van der Waals surface area contributed by atoms with Crippen molar-refractivity contribution in [2.24, 2.45) is 0 Å². The standard InChI is InChI=1S/C32H29N3O7S2/c1-4-42-31(39)20-10-12-21(13-11-20)33-26(36)18-35-23-8-6-5-7-22(23)27(29(35)37)28-30(38)34(32(43)44-28)16-15-19-9-14-24(40-2)25(17-19)41-3/h5-14,17H,4,15-16,18H2,1-3H3,(H,33,36). The number of carbonyl (C=O) groups is 4. The Morgan fingerprint density at radius 3 is 2.34 bits per heavy atom. The van der Waals surface area contributed by atoms with E-state index in [1.54, 1.807) is 75.7 Å². The Morgan fingerprint density at radius 2 is 1.64 bits per heavy atom. The maximum atomic E-state index is 13.8. The Balaban J connectivity index is 1.32. The molecular weight excluding hydrogens is 603 g/mol.